The number of hydrogen-bond donors (Lipinski definition) is 4. The summed E-state index contributed by atoms with van der Waals surface area (Å²) in [6, 6.07) is -0.748. The summed E-state index contributed by atoms with van der Waals surface area (Å²) in [5, 5.41) is 11.6. The van der Waals surface area contributed by atoms with Crippen molar-refractivity contribution >= 4 is 5.97 Å². The second kappa shape index (κ2) is 7.97. The van der Waals surface area contributed by atoms with E-state index >= 15 is 0 Å². The van der Waals surface area contributed by atoms with Gasteiger partial charge in [-0.25, -0.2) is 0 Å². The molecule has 13 heavy (non-hydrogen) atoms. The molecule has 0 radical (unpaired) electrons. The van der Waals surface area contributed by atoms with E-state index in [-0.39, 0.29) is 0 Å². The summed E-state index contributed by atoms with van der Waals surface area (Å²) in [5.41, 5.74) is 10.6. The Bertz CT molecular complexity index is 141. The molecule has 1 atom stereocenters. The van der Waals surface area contributed by atoms with E-state index in [9.17, 15) is 4.79 Å². The van der Waals surface area contributed by atoms with Crippen molar-refractivity contribution in [2.24, 2.45) is 11.5 Å². The van der Waals surface area contributed by atoms with Gasteiger partial charge in [0.25, 0.3) is 0 Å². The van der Waals surface area contributed by atoms with Crippen LogP contribution in [0.5, 0.6) is 0 Å². The minimum atomic E-state index is -0.941. The average Bonchev–Trinajstić information content (AvgIpc) is 2.10. The Hall–Kier alpha value is -0.650. The van der Waals surface area contributed by atoms with Crippen molar-refractivity contribution in [1.29, 1.82) is 0 Å². The molecular formula is C8H19N3O2. The van der Waals surface area contributed by atoms with E-state index in [2.05, 4.69) is 5.32 Å². The lowest BCUT2D eigenvalue weighted by Gasteiger charge is -2.07. The number of nitrogens with one attached hydrogen (secondary N) is 1. The molecular weight excluding hydrogens is 170 g/mol. The van der Waals surface area contributed by atoms with Crippen molar-refractivity contribution in [3.63, 3.8) is 0 Å². The molecule has 0 aliphatic carbocycles. The SMILES string of the molecule is NCCCCNCCC(N)C(=O)O. The van der Waals surface area contributed by atoms with Gasteiger partial charge >= 0.3 is 5.97 Å². The molecule has 1 unspecified atom stereocenters. The highest BCUT2D eigenvalue weighted by Crippen LogP contribution is 1.87. The van der Waals surface area contributed by atoms with E-state index in [1.807, 2.05) is 0 Å². The molecule has 6 N–H and O–H groups in total. The number of hydrogen-bond acceptors (Lipinski definition) is 4. The summed E-state index contributed by atoms with van der Waals surface area (Å²) in [6.07, 6.45) is 2.49. The van der Waals surface area contributed by atoms with Crippen molar-refractivity contribution in [2.45, 2.75) is 25.3 Å². The zero-order valence-corrected chi connectivity index (χ0v) is 7.83. The van der Waals surface area contributed by atoms with Crippen LogP contribution >= 0.6 is 0 Å². The maximum absolute atomic E-state index is 10.3. The molecule has 0 saturated heterocycles. The van der Waals surface area contributed by atoms with Gasteiger partial charge in [-0.2, -0.15) is 0 Å². The lowest BCUT2D eigenvalue weighted by molar-refractivity contribution is -0.138. The van der Waals surface area contributed by atoms with Crippen LogP contribution in [0.4, 0.5) is 0 Å². The molecule has 0 saturated carbocycles. The Morgan fingerprint density at radius 2 is 2.08 bits per heavy atom. The predicted octanol–water partition coefficient (Wildman–Crippen LogP) is -0.883. The molecule has 0 amide bonds. The number of unbranched alkanes of at least 4 members (excludes halogenated alkanes) is 1. The highest BCUT2D eigenvalue weighted by atomic mass is 16.4. The topological polar surface area (TPSA) is 101 Å². The second-order valence-corrected chi connectivity index (χ2v) is 2.98. The van der Waals surface area contributed by atoms with Crippen molar-refractivity contribution < 1.29 is 9.90 Å². The Kier molecular flexibility index (Phi) is 7.57. The van der Waals surface area contributed by atoms with Gasteiger partial charge < -0.3 is 21.9 Å². The minimum absolute atomic E-state index is 0.470. The van der Waals surface area contributed by atoms with E-state index in [4.69, 9.17) is 16.6 Å². The summed E-state index contributed by atoms with van der Waals surface area (Å²) >= 11 is 0. The summed E-state index contributed by atoms with van der Waals surface area (Å²) in [5.74, 6) is -0.941. The van der Waals surface area contributed by atoms with Gasteiger partial charge in [-0.15, -0.1) is 0 Å². The van der Waals surface area contributed by atoms with Gasteiger partial charge in [0, 0.05) is 0 Å². The van der Waals surface area contributed by atoms with Crippen molar-refractivity contribution in [3.8, 4) is 0 Å². The fourth-order valence-electron chi connectivity index (χ4n) is 0.900. The smallest absolute Gasteiger partial charge is 0.320 e. The van der Waals surface area contributed by atoms with Gasteiger partial charge in [-0.05, 0) is 38.9 Å². The van der Waals surface area contributed by atoms with Gasteiger partial charge in [-0.1, -0.05) is 0 Å². The summed E-state index contributed by atoms with van der Waals surface area (Å²) < 4.78 is 0. The first-order valence-corrected chi connectivity index (χ1v) is 4.57. The lowest BCUT2D eigenvalue weighted by Crippen LogP contribution is -2.33. The van der Waals surface area contributed by atoms with Crippen molar-refractivity contribution in [1.82, 2.24) is 5.32 Å². The lowest BCUT2D eigenvalue weighted by atomic mass is 10.2. The van der Waals surface area contributed by atoms with Crippen molar-refractivity contribution in [3.05, 3.63) is 0 Å². The van der Waals surface area contributed by atoms with Crippen LogP contribution in [-0.4, -0.2) is 36.8 Å². The van der Waals surface area contributed by atoms with Gasteiger partial charge in [0.15, 0.2) is 0 Å². The minimum Gasteiger partial charge on any atom is -0.480 e. The normalized spacial score (nSPS) is 12.8. The van der Waals surface area contributed by atoms with Gasteiger partial charge in [0.2, 0.25) is 0 Å². The number of nitrogens with two attached hydrogens (primary N) is 2. The third kappa shape index (κ3) is 7.70. The number of rotatable bonds is 8. The van der Waals surface area contributed by atoms with Gasteiger partial charge in [-0.3, -0.25) is 4.79 Å². The maximum Gasteiger partial charge on any atom is 0.320 e. The molecule has 5 nitrogen and oxygen atoms in total. The predicted molar refractivity (Wildman–Crippen MR) is 51.4 cm³/mol. The zero-order chi connectivity index (χ0) is 10.1. The van der Waals surface area contributed by atoms with E-state index in [1.54, 1.807) is 0 Å². The summed E-state index contributed by atoms with van der Waals surface area (Å²) in [7, 11) is 0. The molecule has 0 bridgehead atoms. The van der Waals surface area contributed by atoms with Crippen LogP contribution in [0.15, 0.2) is 0 Å². The van der Waals surface area contributed by atoms with Crippen LogP contribution in [0.25, 0.3) is 0 Å². The first-order chi connectivity index (χ1) is 6.18. The molecule has 78 valence electrons. The third-order valence-corrected chi connectivity index (χ3v) is 1.76. The summed E-state index contributed by atoms with van der Waals surface area (Å²) in [6.45, 7) is 2.23. The van der Waals surface area contributed by atoms with Gasteiger partial charge in [0.1, 0.15) is 6.04 Å². The van der Waals surface area contributed by atoms with Gasteiger partial charge in [0.05, 0.1) is 0 Å². The Labute approximate surface area is 78.5 Å². The van der Waals surface area contributed by atoms with Crippen LogP contribution in [0.1, 0.15) is 19.3 Å². The summed E-state index contributed by atoms with van der Waals surface area (Å²) in [4.78, 5) is 10.3. The molecule has 0 aromatic carbocycles. The molecule has 0 aliphatic heterocycles. The number of aliphatic carboxylic acids is 1. The molecule has 0 rings (SSSR count). The fraction of sp³-hybridized carbons (Fsp3) is 0.875. The van der Waals surface area contributed by atoms with E-state index in [0.29, 0.717) is 19.5 Å². The monoisotopic (exact) mass is 189 g/mol. The molecule has 0 aromatic rings. The molecule has 0 heterocycles. The molecule has 0 fully saturated rings. The molecule has 0 spiro atoms. The van der Waals surface area contributed by atoms with E-state index < -0.39 is 12.0 Å². The van der Waals surface area contributed by atoms with Crippen LogP contribution in [-0.2, 0) is 4.79 Å². The molecule has 0 aromatic heterocycles. The van der Waals surface area contributed by atoms with Crippen LogP contribution in [0, 0.1) is 0 Å². The Balaban J connectivity index is 3.11. The van der Waals surface area contributed by atoms with Crippen molar-refractivity contribution in [2.75, 3.05) is 19.6 Å². The highest BCUT2D eigenvalue weighted by molar-refractivity contribution is 5.72. The average molecular weight is 189 g/mol. The standard InChI is InChI=1S/C8H19N3O2/c9-4-1-2-5-11-6-3-7(10)8(12)13/h7,11H,1-6,9-10H2,(H,12,13). The molecule has 0 aliphatic rings. The number of carboxylic acid groups (broad SMARTS) is 1. The van der Waals surface area contributed by atoms with Crippen LogP contribution < -0.4 is 16.8 Å². The Morgan fingerprint density at radius 1 is 1.38 bits per heavy atom. The maximum atomic E-state index is 10.3. The van der Waals surface area contributed by atoms with E-state index in [0.717, 1.165) is 19.4 Å². The molecule has 5 heteroatoms. The zero-order valence-electron chi connectivity index (χ0n) is 7.83. The third-order valence-electron chi connectivity index (χ3n) is 1.76. The largest absolute Gasteiger partial charge is 0.480 e. The highest BCUT2D eigenvalue weighted by Gasteiger charge is 2.09. The second-order valence-electron chi connectivity index (χ2n) is 2.98. The number of carbonyl (C=O) groups is 1. The Morgan fingerprint density at radius 3 is 2.62 bits per heavy atom. The first-order valence-electron chi connectivity index (χ1n) is 4.57. The fourth-order valence-corrected chi connectivity index (χ4v) is 0.900. The quantitative estimate of drug-likeness (QED) is 0.371. The number of carboxylic acids is 1. The van der Waals surface area contributed by atoms with Crippen LogP contribution in [0.3, 0.4) is 0 Å². The first kappa shape index (κ1) is 12.3. The van der Waals surface area contributed by atoms with E-state index in [1.165, 1.54) is 0 Å². The van der Waals surface area contributed by atoms with Crippen LogP contribution in [0.2, 0.25) is 0 Å².